The second kappa shape index (κ2) is 9.56. The third kappa shape index (κ3) is 5.17. The molecule has 1 amide bonds. The number of hydrogen-bond acceptors (Lipinski definition) is 6. The Bertz CT molecular complexity index is 1260. The molecule has 0 radical (unpaired) electrons. The quantitative estimate of drug-likeness (QED) is 0.640. The highest BCUT2D eigenvalue weighted by Crippen LogP contribution is 2.34. The summed E-state index contributed by atoms with van der Waals surface area (Å²) >= 11 is 0. The number of benzene rings is 1. The third-order valence-electron chi connectivity index (χ3n) is 6.76. The van der Waals surface area contributed by atoms with Gasteiger partial charge in [-0.3, -0.25) is 19.4 Å². The Labute approximate surface area is 206 Å². The van der Waals surface area contributed by atoms with E-state index in [0.29, 0.717) is 49.0 Å². The predicted molar refractivity (Wildman–Crippen MR) is 136 cm³/mol. The first-order valence-electron chi connectivity index (χ1n) is 12.0. The smallest absolute Gasteiger partial charge is 0.263 e. The van der Waals surface area contributed by atoms with Crippen molar-refractivity contribution >= 4 is 32.6 Å². The number of carbonyl (C=O) groups is 1. The topological polar surface area (TPSA) is 103 Å². The minimum Gasteiger partial charge on any atom is -0.378 e. The summed E-state index contributed by atoms with van der Waals surface area (Å²) in [4.78, 5) is 21.2. The van der Waals surface area contributed by atoms with E-state index in [0.717, 1.165) is 18.4 Å². The van der Waals surface area contributed by atoms with Crippen LogP contribution in [0.4, 0.5) is 5.69 Å². The van der Waals surface area contributed by atoms with Crippen LogP contribution >= 0.6 is 0 Å². The van der Waals surface area contributed by atoms with E-state index in [9.17, 15) is 18.3 Å². The van der Waals surface area contributed by atoms with Crippen molar-refractivity contribution in [1.82, 2.24) is 14.8 Å². The maximum Gasteiger partial charge on any atom is 0.263 e. The van der Waals surface area contributed by atoms with Crippen molar-refractivity contribution in [3.8, 4) is 0 Å². The van der Waals surface area contributed by atoms with Crippen LogP contribution in [0.15, 0.2) is 54.7 Å². The molecule has 0 bridgehead atoms. The fourth-order valence-corrected chi connectivity index (χ4v) is 5.93. The molecule has 35 heavy (non-hydrogen) atoms. The molecule has 2 heterocycles. The summed E-state index contributed by atoms with van der Waals surface area (Å²) < 4.78 is 29.2. The molecule has 1 aromatic carbocycles. The van der Waals surface area contributed by atoms with Gasteiger partial charge in [0.15, 0.2) is 0 Å². The maximum atomic E-state index is 13.3. The highest BCUT2D eigenvalue weighted by Gasteiger charge is 2.35. The van der Waals surface area contributed by atoms with Crippen molar-refractivity contribution in [2.24, 2.45) is 11.8 Å². The van der Waals surface area contributed by atoms with E-state index in [1.165, 1.54) is 0 Å². The molecule has 1 saturated carbocycles. The van der Waals surface area contributed by atoms with Crippen molar-refractivity contribution < 1.29 is 18.3 Å². The normalized spacial score (nSPS) is 21.6. The number of nitrogens with zero attached hydrogens (tertiary/aromatic N) is 3. The zero-order valence-corrected chi connectivity index (χ0v) is 20.5. The lowest BCUT2D eigenvalue weighted by molar-refractivity contribution is -0.0352. The lowest BCUT2D eigenvalue weighted by Crippen LogP contribution is -2.52. The summed E-state index contributed by atoms with van der Waals surface area (Å²) in [7, 11) is -3.89. The minimum absolute atomic E-state index is 0.0679. The van der Waals surface area contributed by atoms with Crippen LogP contribution in [-0.2, 0) is 10.0 Å². The number of sulfonamides is 1. The van der Waals surface area contributed by atoms with Gasteiger partial charge in [0.1, 0.15) is 11.1 Å². The van der Waals surface area contributed by atoms with Gasteiger partial charge in [-0.1, -0.05) is 31.2 Å². The average molecular weight is 495 g/mol. The molecule has 2 fully saturated rings. The van der Waals surface area contributed by atoms with Crippen molar-refractivity contribution in [3.63, 3.8) is 0 Å². The summed E-state index contributed by atoms with van der Waals surface area (Å²) in [5.74, 6) is 0.220. The Morgan fingerprint density at radius 1 is 1.11 bits per heavy atom. The standard InChI is InChI=1S/C26H30N4O4S/c1-18-4-5-19-3-2-12-27-24(19)23(17-18)35(33,34)28-22-10-8-21(9-11-22)26(32)30-15-13-29(14-16-30)25(31)20-6-7-20/h2-5,8-12,17-18,20,25,28,31H,6-7,13-16H2,1H3. The van der Waals surface area contributed by atoms with Gasteiger partial charge in [0.2, 0.25) is 0 Å². The number of amides is 1. The molecule has 2 unspecified atom stereocenters. The number of hydrogen-bond donors (Lipinski definition) is 2. The molecule has 2 aromatic rings. The van der Waals surface area contributed by atoms with Crippen LogP contribution in [0, 0.1) is 11.8 Å². The molecule has 3 aliphatic rings. The Kier molecular flexibility index (Phi) is 6.48. The lowest BCUT2D eigenvalue weighted by atomic mass is 10.1. The largest absolute Gasteiger partial charge is 0.378 e. The number of pyridine rings is 1. The Balaban J connectivity index is 1.26. The second-order valence-electron chi connectivity index (χ2n) is 9.45. The Hall–Kier alpha value is -3.01. The van der Waals surface area contributed by atoms with Gasteiger partial charge in [-0.05, 0) is 55.0 Å². The highest BCUT2D eigenvalue weighted by atomic mass is 32.2. The van der Waals surface area contributed by atoms with E-state index < -0.39 is 16.3 Å². The average Bonchev–Trinajstić information content (AvgIpc) is 3.72. The number of rotatable bonds is 6. The van der Waals surface area contributed by atoms with Crippen LogP contribution in [0.25, 0.3) is 11.0 Å². The third-order valence-corrected chi connectivity index (χ3v) is 8.17. The molecule has 2 N–H and O–H groups in total. The molecule has 9 heteroatoms. The van der Waals surface area contributed by atoms with E-state index >= 15 is 0 Å². The number of anilines is 1. The van der Waals surface area contributed by atoms with Gasteiger partial charge in [-0.15, -0.1) is 0 Å². The number of aromatic nitrogens is 1. The maximum absolute atomic E-state index is 13.3. The van der Waals surface area contributed by atoms with Gasteiger partial charge in [-0.25, -0.2) is 8.42 Å². The highest BCUT2D eigenvalue weighted by molar-refractivity contribution is 8.01. The van der Waals surface area contributed by atoms with Gasteiger partial charge in [-0.2, -0.15) is 0 Å². The number of aliphatic hydroxyl groups is 1. The van der Waals surface area contributed by atoms with Crippen LogP contribution in [-0.4, -0.2) is 66.6 Å². The van der Waals surface area contributed by atoms with Gasteiger partial charge in [0.05, 0.1) is 5.69 Å². The van der Waals surface area contributed by atoms with Crippen LogP contribution in [0.5, 0.6) is 0 Å². The van der Waals surface area contributed by atoms with E-state index in [2.05, 4.69) is 9.71 Å². The van der Waals surface area contributed by atoms with E-state index in [1.807, 2.05) is 30.0 Å². The van der Waals surface area contributed by atoms with E-state index in [1.54, 1.807) is 47.5 Å². The number of aliphatic hydroxyl groups excluding tert-OH is 1. The van der Waals surface area contributed by atoms with Crippen molar-refractivity contribution in [3.05, 3.63) is 71.6 Å². The SMILES string of the molecule is CC1C=Cc2cccnc2C(S(=O)(=O)Nc2ccc(C(=O)N3CCN(C(O)C4CC4)CC3)cc2)=C1. The first kappa shape index (κ1) is 23.7. The van der Waals surface area contributed by atoms with E-state index in [-0.39, 0.29) is 16.7 Å². The first-order chi connectivity index (χ1) is 16.8. The van der Waals surface area contributed by atoms with Gasteiger partial charge in [0, 0.05) is 49.2 Å². The molecule has 8 nitrogen and oxygen atoms in total. The molecule has 1 saturated heterocycles. The van der Waals surface area contributed by atoms with Gasteiger partial charge in [0.25, 0.3) is 15.9 Å². The van der Waals surface area contributed by atoms with E-state index in [4.69, 9.17) is 0 Å². The molecule has 0 spiro atoms. The number of nitrogens with one attached hydrogen (secondary N) is 1. The monoisotopic (exact) mass is 494 g/mol. The summed E-state index contributed by atoms with van der Waals surface area (Å²) in [5.41, 5.74) is 2.04. The zero-order valence-electron chi connectivity index (χ0n) is 19.7. The van der Waals surface area contributed by atoms with Crippen LogP contribution in [0.3, 0.4) is 0 Å². The fourth-order valence-electron chi connectivity index (χ4n) is 4.56. The summed E-state index contributed by atoms with van der Waals surface area (Å²) in [6.45, 7) is 4.34. The number of piperazine rings is 1. The first-order valence-corrected chi connectivity index (χ1v) is 13.5. The second-order valence-corrected chi connectivity index (χ2v) is 11.1. The number of carbonyl (C=O) groups excluding carboxylic acids is 1. The van der Waals surface area contributed by atoms with Crippen LogP contribution < -0.4 is 4.72 Å². The number of fused-ring (bicyclic) bond motifs is 1. The van der Waals surface area contributed by atoms with Crippen LogP contribution in [0.1, 0.15) is 41.4 Å². The summed E-state index contributed by atoms with van der Waals surface area (Å²) in [5, 5.41) is 10.3. The van der Waals surface area contributed by atoms with Crippen molar-refractivity contribution in [2.45, 2.75) is 26.0 Å². The molecular formula is C26H30N4O4S. The van der Waals surface area contributed by atoms with Gasteiger partial charge < -0.3 is 10.0 Å². The van der Waals surface area contributed by atoms with Gasteiger partial charge >= 0.3 is 0 Å². The molecular weight excluding hydrogens is 464 g/mol. The lowest BCUT2D eigenvalue weighted by Gasteiger charge is -2.37. The summed E-state index contributed by atoms with van der Waals surface area (Å²) in [6, 6.07) is 10.1. The minimum atomic E-state index is -3.89. The van der Waals surface area contributed by atoms with Crippen molar-refractivity contribution in [1.29, 1.82) is 0 Å². The van der Waals surface area contributed by atoms with Crippen molar-refractivity contribution in [2.75, 3.05) is 30.9 Å². The Morgan fingerprint density at radius 3 is 2.51 bits per heavy atom. The fraction of sp³-hybridized carbons (Fsp3) is 0.385. The molecule has 2 aliphatic carbocycles. The molecule has 1 aliphatic heterocycles. The molecule has 184 valence electrons. The Morgan fingerprint density at radius 2 is 1.83 bits per heavy atom. The molecule has 2 atom stereocenters. The number of allylic oxidation sites excluding steroid dienone is 2. The summed E-state index contributed by atoms with van der Waals surface area (Å²) in [6.07, 6.45) is 8.85. The molecule has 1 aromatic heterocycles. The predicted octanol–water partition coefficient (Wildman–Crippen LogP) is 3.01. The van der Waals surface area contributed by atoms with Crippen LogP contribution in [0.2, 0.25) is 0 Å². The molecule has 5 rings (SSSR count). The zero-order chi connectivity index (χ0) is 24.6.